The van der Waals surface area contributed by atoms with Gasteiger partial charge in [0, 0.05) is 85.7 Å². The maximum Gasteiger partial charge on any atom is 0.249 e. The average molecular weight is 1000 g/mol. The number of carbonyl (C=O) groups excluding carboxylic acids is 4. The zero-order chi connectivity index (χ0) is 49.9. The van der Waals surface area contributed by atoms with Crippen molar-refractivity contribution in [2.75, 3.05) is 52.5 Å². The molecule has 5 heterocycles. The van der Waals surface area contributed by atoms with E-state index in [-0.39, 0.29) is 59.3 Å². The van der Waals surface area contributed by atoms with E-state index in [9.17, 15) is 19.2 Å². The molecular formula is C57H67ClFN7O6. The second-order valence-corrected chi connectivity index (χ2v) is 21.3. The summed E-state index contributed by atoms with van der Waals surface area (Å²) in [4.78, 5) is 55.8. The molecule has 0 bridgehead atoms. The summed E-state index contributed by atoms with van der Waals surface area (Å²) in [5.74, 6) is -1.03. The maximum absolute atomic E-state index is 16.4. The fourth-order valence-corrected chi connectivity index (χ4v) is 12.4. The lowest BCUT2D eigenvalue weighted by Crippen LogP contribution is -2.46. The second kappa shape index (κ2) is 22.2. The van der Waals surface area contributed by atoms with Gasteiger partial charge in [0.2, 0.25) is 23.6 Å². The molecule has 3 atom stereocenters. The Labute approximate surface area is 426 Å². The summed E-state index contributed by atoms with van der Waals surface area (Å²) in [6, 6.07) is 25.5. The van der Waals surface area contributed by atoms with Crippen LogP contribution in [0, 0.1) is 17.7 Å². The first-order valence-electron chi connectivity index (χ1n) is 26.2. The van der Waals surface area contributed by atoms with Crippen molar-refractivity contribution in [1.82, 2.24) is 30.2 Å². The Balaban J connectivity index is 0.702. The Hall–Kier alpha value is -5.67. The number of aryl methyl sites for hydroxylation is 1. The van der Waals surface area contributed by atoms with Crippen molar-refractivity contribution >= 4 is 46.1 Å². The van der Waals surface area contributed by atoms with Crippen LogP contribution in [0.15, 0.2) is 78.9 Å². The van der Waals surface area contributed by atoms with Crippen molar-refractivity contribution in [1.29, 1.82) is 0 Å². The number of carbonyl (C=O) groups is 4. The van der Waals surface area contributed by atoms with Crippen molar-refractivity contribution in [2.24, 2.45) is 24.6 Å². The van der Waals surface area contributed by atoms with Crippen LogP contribution in [0.2, 0.25) is 5.02 Å². The molecule has 5 fully saturated rings. The van der Waals surface area contributed by atoms with Gasteiger partial charge in [0.1, 0.15) is 6.61 Å². The molecule has 13 nitrogen and oxygen atoms in total. The molecule has 2 unspecified atom stereocenters. The van der Waals surface area contributed by atoms with Crippen LogP contribution in [0.25, 0.3) is 22.0 Å². The molecule has 0 spiro atoms. The number of halogens is 2. The predicted octanol–water partition coefficient (Wildman–Crippen LogP) is 8.61. The maximum atomic E-state index is 16.4. The van der Waals surface area contributed by atoms with Gasteiger partial charge in [0.05, 0.1) is 28.8 Å². The minimum Gasteiger partial charge on any atom is -0.488 e. The minimum atomic E-state index is -0.761. The highest BCUT2D eigenvalue weighted by molar-refractivity contribution is 6.33. The van der Waals surface area contributed by atoms with Crippen LogP contribution in [0.5, 0.6) is 5.75 Å². The number of imide groups is 1. The third-order valence-electron chi connectivity index (χ3n) is 16.3. The summed E-state index contributed by atoms with van der Waals surface area (Å²) in [6.07, 6.45) is 10.2. The third-order valence-corrected chi connectivity index (χ3v) is 16.7. The standard InChI is InChI=1S/C57H67ClFN7O6/c1-64-49-31-39(11-15-43(49)54(63-64)45-17-20-51(67)62-56(45)69)36-23-25-65(26-24-36)33-35-21-27-66(28-22-35)57(70)38-9-13-41(14-10-38)61-32-47(37-6-3-2-4-7-37)40-12-18-48(58)46(30-40)52-44(55(60)68)16-19-50(53(52)59)72-34-42-8-5-29-71-42/h2-4,6-7,11-12,15-16,18-19,30-31,35-36,38,41-42,45,47,61H,5,8-10,13-14,17,20-29,32-34H2,1H3,(H2,60,68)(H,62,67,69)/t38?,41?,42-,45?,47?/m0/s1. The Morgan fingerprint density at radius 1 is 0.903 bits per heavy atom. The van der Waals surface area contributed by atoms with Crippen LogP contribution >= 0.6 is 11.6 Å². The lowest BCUT2D eigenvalue weighted by atomic mass is 9.83. The van der Waals surface area contributed by atoms with Gasteiger partial charge in [-0.05, 0) is 143 Å². The lowest BCUT2D eigenvalue weighted by Gasteiger charge is -2.39. The van der Waals surface area contributed by atoms with Crippen molar-refractivity contribution in [2.45, 2.75) is 107 Å². The smallest absolute Gasteiger partial charge is 0.249 e. The van der Waals surface area contributed by atoms with Crippen molar-refractivity contribution in [3.8, 4) is 16.9 Å². The third kappa shape index (κ3) is 11.0. The van der Waals surface area contributed by atoms with E-state index >= 15 is 4.39 Å². The van der Waals surface area contributed by atoms with Gasteiger partial charge in [-0.25, -0.2) is 4.39 Å². The van der Waals surface area contributed by atoms with Crippen molar-refractivity contribution < 1.29 is 33.0 Å². The summed E-state index contributed by atoms with van der Waals surface area (Å²) in [5, 5.41) is 12.3. The second-order valence-electron chi connectivity index (χ2n) is 20.9. The molecule has 5 aliphatic rings. The molecule has 4 aliphatic heterocycles. The number of ether oxygens (including phenoxy) is 2. The first kappa shape index (κ1) is 49.9. The number of fused-ring (bicyclic) bond motifs is 1. The van der Waals surface area contributed by atoms with Gasteiger partial charge in [-0.1, -0.05) is 60.1 Å². The molecule has 10 rings (SSSR count). The fourth-order valence-electron chi connectivity index (χ4n) is 12.2. The van der Waals surface area contributed by atoms with Crippen LogP contribution in [0.4, 0.5) is 4.39 Å². The zero-order valence-electron chi connectivity index (χ0n) is 41.3. The number of aromatic nitrogens is 2. The van der Waals surface area contributed by atoms with Crippen LogP contribution < -0.4 is 21.1 Å². The molecule has 4 aromatic carbocycles. The molecule has 4 saturated heterocycles. The van der Waals surface area contributed by atoms with Crippen molar-refractivity contribution in [3.05, 3.63) is 118 Å². The molecule has 15 heteroatoms. The molecule has 1 aliphatic carbocycles. The number of nitrogens with zero attached hydrogens (tertiary/aromatic N) is 4. The fraction of sp³-hybridized carbons (Fsp3) is 0.491. The van der Waals surface area contributed by atoms with Crippen LogP contribution in [0.1, 0.15) is 128 Å². The molecule has 72 heavy (non-hydrogen) atoms. The SMILES string of the molecule is Cn1nc(C2CCC(=O)NC2=O)c2ccc(C3CCN(CC4CCN(C(=O)C5CCC(NCC(c6ccccc6)c6ccc(Cl)c(-c7c(C(N)=O)ccc(OC[C@@H]8CCCO8)c7F)c6)CC5)CC4)CC3)cc21. The number of nitrogens with two attached hydrogens (primary N) is 1. The molecule has 4 N–H and O–H groups in total. The minimum absolute atomic E-state index is 0.0131. The van der Waals surface area contributed by atoms with Crippen molar-refractivity contribution in [3.63, 3.8) is 0 Å². The van der Waals surface area contributed by atoms with Gasteiger partial charge >= 0.3 is 0 Å². The number of amides is 4. The number of rotatable bonds is 15. The van der Waals surface area contributed by atoms with E-state index in [2.05, 4.69) is 50.8 Å². The van der Waals surface area contributed by atoms with Gasteiger partial charge in [0.25, 0.3) is 0 Å². The topological polar surface area (TPSA) is 161 Å². The van der Waals surface area contributed by atoms with Gasteiger partial charge < -0.3 is 30.3 Å². The molecule has 1 aromatic heterocycles. The van der Waals surface area contributed by atoms with E-state index in [4.69, 9.17) is 31.9 Å². The normalized spacial score (nSPS) is 23.1. The number of hydrogen-bond donors (Lipinski definition) is 3. The van der Waals surface area contributed by atoms with Crippen LogP contribution in [0.3, 0.4) is 0 Å². The van der Waals surface area contributed by atoms with E-state index in [1.807, 2.05) is 42.1 Å². The predicted molar refractivity (Wildman–Crippen MR) is 275 cm³/mol. The highest BCUT2D eigenvalue weighted by atomic mass is 35.5. The highest BCUT2D eigenvalue weighted by Gasteiger charge is 2.35. The molecule has 0 radical (unpaired) electrons. The van der Waals surface area contributed by atoms with Gasteiger partial charge in [-0.15, -0.1) is 0 Å². The highest BCUT2D eigenvalue weighted by Crippen LogP contribution is 2.41. The lowest BCUT2D eigenvalue weighted by molar-refractivity contribution is -0.138. The number of benzene rings is 4. The average Bonchev–Trinajstić information content (AvgIpc) is 4.04. The number of piperidine rings is 3. The Kier molecular flexibility index (Phi) is 15.4. The zero-order valence-corrected chi connectivity index (χ0v) is 42.0. The Morgan fingerprint density at radius 2 is 1.68 bits per heavy atom. The van der Waals surface area contributed by atoms with E-state index in [0.717, 1.165) is 125 Å². The van der Waals surface area contributed by atoms with E-state index in [0.29, 0.717) is 54.3 Å². The number of hydrogen-bond acceptors (Lipinski definition) is 9. The first-order valence-corrected chi connectivity index (χ1v) is 26.6. The number of nitrogens with one attached hydrogen (secondary N) is 2. The summed E-state index contributed by atoms with van der Waals surface area (Å²) >= 11 is 6.82. The Bertz CT molecular complexity index is 2780. The quantitative estimate of drug-likeness (QED) is 0.0873. The number of likely N-dealkylation sites (tertiary alicyclic amines) is 2. The summed E-state index contributed by atoms with van der Waals surface area (Å²) < 4.78 is 29.9. The molecule has 380 valence electrons. The van der Waals surface area contributed by atoms with Gasteiger partial charge in [-0.2, -0.15) is 5.10 Å². The van der Waals surface area contributed by atoms with E-state index in [1.165, 1.54) is 17.7 Å². The molecule has 1 saturated carbocycles. The summed E-state index contributed by atoms with van der Waals surface area (Å²) in [6.45, 7) is 6.30. The monoisotopic (exact) mass is 999 g/mol. The summed E-state index contributed by atoms with van der Waals surface area (Å²) in [7, 11) is 1.93. The number of primary amides is 1. The largest absolute Gasteiger partial charge is 0.488 e. The van der Waals surface area contributed by atoms with Gasteiger partial charge in [0.15, 0.2) is 11.6 Å². The van der Waals surface area contributed by atoms with Gasteiger partial charge in [-0.3, -0.25) is 29.2 Å². The van der Waals surface area contributed by atoms with Crippen LogP contribution in [-0.2, 0) is 26.2 Å². The molecule has 5 aromatic rings. The molecule has 4 amide bonds. The first-order chi connectivity index (χ1) is 35.0. The summed E-state index contributed by atoms with van der Waals surface area (Å²) in [5.41, 5.74) is 11.3. The Morgan fingerprint density at radius 3 is 2.40 bits per heavy atom. The van der Waals surface area contributed by atoms with E-state index < -0.39 is 17.6 Å². The van der Waals surface area contributed by atoms with Crippen LogP contribution in [-0.4, -0.2) is 108 Å². The van der Waals surface area contributed by atoms with E-state index in [1.54, 1.807) is 6.07 Å². The molecular weight excluding hydrogens is 933 g/mol.